The van der Waals surface area contributed by atoms with Crippen molar-refractivity contribution in [1.29, 1.82) is 0 Å². The molecule has 1 aliphatic carbocycles. The summed E-state index contributed by atoms with van der Waals surface area (Å²) < 4.78 is 0. The van der Waals surface area contributed by atoms with Crippen molar-refractivity contribution >= 4 is 5.91 Å². The van der Waals surface area contributed by atoms with Gasteiger partial charge in [0.15, 0.2) is 0 Å². The Labute approximate surface area is 119 Å². The second-order valence-electron chi connectivity index (χ2n) is 5.37. The second kappa shape index (κ2) is 5.45. The van der Waals surface area contributed by atoms with E-state index in [2.05, 4.69) is 34.6 Å². The quantitative estimate of drug-likeness (QED) is 0.908. The van der Waals surface area contributed by atoms with Crippen LogP contribution in [0.5, 0.6) is 0 Å². The van der Waals surface area contributed by atoms with Crippen molar-refractivity contribution in [1.82, 2.24) is 10.3 Å². The van der Waals surface area contributed by atoms with E-state index in [0.717, 1.165) is 25.0 Å². The number of benzene rings is 1. The highest BCUT2D eigenvalue weighted by molar-refractivity contribution is 5.94. The normalized spacial score (nSPS) is 17.4. The number of hydrogen-bond acceptors (Lipinski definition) is 2. The minimum absolute atomic E-state index is 0.0260. The Bertz CT molecular complexity index is 619. The average molecular weight is 266 g/mol. The predicted molar refractivity (Wildman–Crippen MR) is 78.7 cm³/mol. The Morgan fingerprint density at radius 3 is 2.75 bits per heavy atom. The Morgan fingerprint density at radius 2 is 2.00 bits per heavy atom. The molecule has 3 rings (SSSR count). The van der Waals surface area contributed by atoms with Gasteiger partial charge in [-0.05, 0) is 49.4 Å². The van der Waals surface area contributed by atoms with Gasteiger partial charge in [-0.15, -0.1) is 0 Å². The maximum atomic E-state index is 12.2. The van der Waals surface area contributed by atoms with Crippen LogP contribution in [-0.2, 0) is 12.8 Å². The largest absolute Gasteiger partial charge is 0.349 e. The number of fused-ring (bicyclic) bond motifs is 1. The van der Waals surface area contributed by atoms with E-state index in [1.807, 2.05) is 19.1 Å². The Balaban J connectivity index is 1.67. The van der Waals surface area contributed by atoms with E-state index in [9.17, 15) is 4.79 Å². The van der Waals surface area contributed by atoms with E-state index in [4.69, 9.17) is 0 Å². The van der Waals surface area contributed by atoms with E-state index in [1.165, 1.54) is 11.1 Å². The molecule has 0 unspecified atom stereocenters. The van der Waals surface area contributed by atoms with E-state index < -0.39 is 0 Å². The molecule has 0 aliphatic heterocycles. The summed E-state index contributed by atoms with van der Waals surface area (Å²) >= 11 is 0. The highest BCUT2D eigenvalue weighted by atomic mass is 16.1. The van der Waals surface area contributed by atoms with Crippen molar-refractivity contribution in [3.05, 3.63) is 65.0 Å². The molecule has 0 bridgehead atoms. The average Bonchev–Trinajstić information content (AvgIpc) is 2.48. The van der Waals surface area contributed by atoms with Gasteiger partial charge in [0.1, 0.15) is 0 Å². The fourth-order valence-corrected chi connectivity index (χ4v) is 2.69. The molecule has 0 spiro atoms. The molecular weight excluding hydrogens is 248 g/mol. The standard InChI is InChI=1S/C17H18N2O/c1-12-6-7-15(11-18-12)17(20)19-16-9-8-13-4-2-3-5-14(13)10-16/h2-7,11,16H,8-10H2,1H3,(H,19,20)/t16-/m1/s1. The minimum atomic E-state index is -0.0260. The zero-order valence-electron chi connectivity index (χ0n) is 11.6. The smallest absolute Gasteiger partial charge is 0.253 e. The third-order valence-corrected chi connectivity index (χ3v) is 3.86. The van der Waals surface area contributed by atoms with E-state index in [1.54, 1.807) is 6.20 Å². The summed E-state index contributed by atoms with van der Waals surface area (Å²) in [5.41, 5.74) is 4.32. The van der Waals surface area contributed by atoms with Gasteiger partial charge in [0.2, 0.25) is 0 Å². The summed E-state index contributed by atoms with van der Waals surface area (Å²) in [4.78, 5) is 16.4. The van der Waals surface area contributed by atoms with Gasteiger partial charge < -0.3 is 5.32 Å². The first-order chi connectivity index (χ1) is 9.72. The molecule has 0 radical (unpaired) electrons. The molecular formula is C17H18N2O. The first kappa shape index (κ1) is 12.9. The van der Waals surface area contributed by atoms with Crippen LogP contribution in [0.15, 0.2) is 42.6 Å². The van der Waals surface area contributed by atoms with Gasteiger partial charge in [-0.3, -0.25) is 9.78 Å². The molecule has 2 aromatic rings. The maximum Gasteiger partial charge on any atom is 0.253 e. The lowest BCUT2D eigenvalue weighted by Crippen LogP contribution is -2.38. The monoisotopic (exact) mass is 266 g/mol. The number of hydrogen-bond donors (Lipinski definition) is 1. The van der Waals surface area contributed by atoms with Crippen molar-refractivity contribution in [2.75, 3.05) is 0 Å². The molecule has 1 N–H and O–H groups in total. The summed E-state index contributed by atoms with van der Waals surface area (Å²) in [7, 11) is 0. The zero-order valence-corrected chi connectivity index (χ0v) is 11.6. The molecule has 1 aromatic heterocycles. The van der Waals surface area contributed by atoms with E-state index in [-0.39, 0.29) is 11.9 Å². The molecule has 1 heterocycles. The SMILES string of the molecule is Cc1ccc(C(=O)N[C@@H]2CCc3ccccc3C2)cn1. The number of nitrogens with zero attached hydrogens (tertiary/aromatic N) is 1. The molecule has 0 saturated carbocycles. The molecule has 102 valence electrons. The predicted octanol–water partition coefficient (Wildman–Crippen LogP) is 2.68. The summed E-state index contributed by atoms with van der Waals surface area (Å²) in [6.07, 6.45) is 4.60. The molecule has 20 heavy (non-hydrogen) atoms. The minimum Gasteiger partial charge on any atom is -0.349 e. The van der Waals surface area contributed by atoms with Crippen LogP contribution < -0.4 is 5.32 Å². The van der Waals surface area contributed by atoms with Gasteiger partial charge in [0.05, 0.1) is 5.56 Å². The Hall–Kier alpha value is -2.16. The fourth-order valence-electron chi connectivity index (χ4n) is 2.69. The zero-order chi connectivity index (χ0) is 13.9. The molecule has 1 aliphatic rings. The number of carbonyl (C=O) groups excluding carboxylic acids is 1. The molecule has 3 nitrogen and oxygen atoms in total. The topological polar surface area (TPSA) is 42.0 Å². The first-order valence-corrected chi connectivity index (χ1v) is 7.02. The van der Waals surface area contributed by atoms with Gasteiger partial charge in [0.25, 0.3) is 5.91 Å². The van der Waals surface area contributed by atoms with Gasteiger partial charge in [-0.25, -0.2) is 0 Å². The molecule has 1 aromatic carbocycles. The van der Waals surface area contributed by atoms with Gasteiger partial charge in [-0.2, -0.15) is 0 Å². The fraction of sp³-hybridized carbons (Fsp3) is 0.294. The molecule has 0 fully saturated rings. The molecule has 1 amide bonds. The van der Waals surface area contributed by atoms with Gasteiger partial charge in [0, 0.05) is 17.9 Å². The summed E-state index contributed by atoms with van der Waals surface area (Å²) in [6.45, 7) is 1.92. The number of aromatic nitrogens is 1. The van der Waals surface area contributed by atoms with Crippen LogP contribution in [0.1, 0.15) is 33.6 Å². The van der Waals surface area contributed by atoms with E-state index >= 15 is 0 Å². The van der Waals surface area contributed by atoms with Crippen LogP contribution in [0.25, 0.3) is 0 Å². The highest BCUT2D eigenvalue weighted by Crippen LogP contribution is 2.21. The van der Waals surface area contributed by atoms with Crippen LogP contribution in [-0.4, -0.2) is 16.9 Å². The lowest BCUT2D eigenvalue weighted by molar-refractivity contribution is 0.0933. The summed E-state index contributed by atoms with van der Waals surface area (Å²) in [5.74, 6) is -0.0260. The van der Waals surface area contributed by atoms with Gasteiger partial charge in [-0.1, -0.05) is 24.3 Å². The van der Waals surface area contributed by atoms with Crippen LogP contribution in [0.2, 0.25) is 0 Å². The van der Waals surface area contributed by atoms with Crippen LogP contribution in [0, 0.1) is 6.92 Å². The molecule has 1 atom stereocenters. The Morgan fingerprint density at radius 1 is 1.20 bits per heavy atom. The van der Waals surface area contributed by atoms with Crippen molar-refractivity contribution in [3.63, 3.8) is 0 Å². The third-order valence-electron chi connectivity index (χ3n) is 3.86. The first-order valence-electron chi connectivity index (χ1n) is 7.02. The second-order valence-corrected chi connectivity index (χ2v) is 5.37. The third kappa shape index (κ3) is 2.72. The number of nitrogens with one attached hydrogen (secondary N) is 1. The summed E-state index contributed by atoms with van der Waals surface area (Å²) in [6, 6.07) is 12.4. The number of amides is 1. The summed E-state index contributed by atoms with van der Waals surface area (Å²) in [5, 5.41) is 3.12. The van der Waals surface area contributed by atoms with Crippen molar-refractivity contribution in [2.45, 2.75) is 32.2 Å². The van der Waals surface area contributed by atoms with Crippen molar-refractivity contribution in [3.8, 4) is 0 Å². The Kier molecular flexibility index (Phi) is 3.50. The molecule has 3 heteroatoms. The van der Waals surface area contributed by atoms with E-state index in [0.29, 0.717) is 5.56 Å². The van der Waals surface area contributed by atoms with Crippen LogP contribution in [0.4, 0.5) is 0 Å². The van der Waals surface area contributed by atoms with Crippen molar-refractivity contribution in [2.24, 2.45) is 0 Å². The van der Waals surface area contributed by atoms with Crippen molar-refractivity contribution < 1.29 is 4.79 Å². The number of carbonyl (C=O) groups is 1. The number of pyridine rings is 1. The van der Waals surface area contributed by atoms with Gasteiger partial charge >= 0.3 is 0 Å². The number of aryl methyl sites for hydroxylation is 2. The maximum absolute atomic E-state index is 12.2. The van der Waals surface area contributed by atoms with Crippen LogP contribution >= 0.6 is 0 Å². The number of rotatable bonds is 2. The lowest BCUT2D eigenvalue weighted by Gasteiger charge is -2.25. The highest BCUT2D eigenvalue weighted by Gasteiger charge is 2.20. The van der Waals surface area contributed by atoms with Crippen LogP contribution in [0.3, 0.4) is 0 Å². The lowest BCUT2D eigenvalue weighted by atomic mass is 9.88. The molecule has 0 saturated heterocycles.